The second-order valence-corrected chi connectivity index (χ2v) is 6.13. The largest absolute Gasteiger partial charge is 0.468 e. The van der Waals surface area contributed by atoms with E-state index in [2.05, 4.69) is 10.3 Å². The Hall–Kier alpha value is -1.17. The molecule has 1 aliphatic carbocycles. The summed E-state index contributed by atoms with van der Waals surface area (Å²) < 4.78 is 11.3. The van der Waals surface area contributed by atoms with E-state index < -0.39 is 0 Å². The lowest BCUT2D eigenvalue weighted by molar-refractivity contribution is 0.123. The molecule has 1 aliphatic rings. The van der Waals surface area contributed by atoms with Gasteiger partial charge >= 0.3 is 0 Å². The van der Waals surface area contributed by atoms with Gasteiger partial charge in [-0.15, -0.1) is 11.3 Å². The number of nitrogens with one attached hydrogen (secondary N) is 1. The SMILES string of the molecule is Cc1ncsc1CCOCc1ccoc1CNC1CC1. The normalized spacial score (nSPS) is 14.8. The third-order valence-corrected chi connectivity index (χ3v) is 4.54. The molecular weight excluding hydrogens is 272 g/mol. The first-order chi connectivity index (χ1) is 9.83. The van der Waals surface area contributed by atoms with Crippen LogP contribution in [0.2, 0.25) is 0 Å². The van der Waals surface area contributed by atoms with Crippen LogP contribution in [0, 0.1) is 6.92 Å². The van der Waals surface area contributed by atoms with E-state index in [4.69, 9.17) is 9.15 Å². The molecule has 0 atom stereocenters. The Bertz CT molecular complexity index is 546. The lowest BCUT2D eigenvalue weighted by Crippen LogP contribution is -2.16. The topological polar surface area (TPSA) is 47.3 Å². The van der Waals surface area contributed by atoms with E-state index in [1.807, 2.05) is 18.5 Å². The van der Waals surface area contributed by atoms with E-state index in [9.17, 15) is 0 Å². The van der Waals surface area contributed by atoms with Crippen molar-refractivity contribution >= 4 is 11.3 Å². The van der Waals surface area contributed by atoms with Gasteiger partial charge in [0.1, 0.15) is 5.76 Å². The zero-order valence-corrected chi connectivity index (χ0v) is 12.5. The van der Waals surface area contributed by atoms with Gasteiger partial charge in [-0.3, -0.25) is 0 Å². The standard InChI is InChI=1S/C15H20N2O2S/c1-11-15(20-10-17-11)5-6-18-9-12-4-7-19-14(12)8-16-13-2-3-13/h4,7,10,13,16H,2-3,5-6,8-9H2,1H3. The third-order valence-electron chi connectivity index (χ3n) is 3.54. The van der Waals surface area contributed by atoms with Crippen LogP contribution >= 0.6 is 11.3 Å². The van der Waals surface area contributed by atoms with Gasteiger partial charge in [0, 0.05) is 22.9 Å². The number of aryl methyl sites for hydroxylation is 1. The van der Waals surface area contributed by atoms with Crippen molar-refractivity contribution in [2.45, 2.75) is 45.4 Å². The summed E-state index contributed by atoms with van der Waals surface area (Å²) in [6.07, 6.45) is 5.27. The molecule has 5 heteroatoms. The second-order valence-electron chi connectivity index (χ2n) is 5.19. The number of aromatic nitrogens is 1. The summed E-state index contributed by atoms with van der Waals surface area (Å²) in [5.41, 5.74) is 4.16. The Labute approximate surface area is 123 Å². The Morgan fingerprint density at radius 3 is 3.15 bits per heavy atom. The summed E-state index contributed by atoms with van der Waals surface area (Å²) in [7, 11) is 0. The molecule has 1 N–H and O–H groups in total. The minimum absolute atomic E-state index is 0.621. The molecule has 2 heterocycles. The Morgan fingerprint density at radius 1 is 1.50 bits per heavy atom. The van der Waals surface area contributed by atoms with Crippen molar-refractivity contribution in [3.63, 3.8) is 0 Å². The van der Waals surface area contributed by atoms with Crippen LogP contribution in [0.1, 0.15) is 34.7 Å². The van der Waals surface area contributed by atoms with E-state index in [0.717, 1.165) is 36.6 Å². The van der Waals surface area contributed by atoms with Crippen molar-refractivity contribution in [1.29, 1.82) is 0 Å². The molecule has 2 aromatic heterocycles. The fraction of sp³-hybridized carbons (Fsp3) is 0.533. The number of nitrogens with zero attached hydrogens (tertiary/aromatic N) is 1. The lowest BCUT2D eigenvalue weighted by atomic mass is 10.2. The second kappa shape index (κ2) is 6.52. The maximum atomic E-state index is 5.76. The number of thiazole rings is 1. The summed E-state index contributed by atoms with van der Waals surface area (Å²) in [6.45, 7) is 4.20. The molecule has 0 unspecified atom stereocenters. The molecule has 108 valence electrons. The molecule has 0 bridgehead atoms. The van der Waals surface area contributed by atoms with Crippen LogP contribution in [0.3, 0.4) is 0 Å². The monoisotopic (exact) mass is 292 g/mol. The quantitative estimate of drug-likeness (QED) is 0.760. The predicted octanol–water partition coefficient (Wildman–Crippen LogP) is 3.06. The van der Waals surface area contributed by atoms with Crippen LogP contribution in [0.4, 0.5) is 0 Å². The van der Waals surface area contributed by atoms with Gasteiger partial charge in [0.2, 0.25) is 0 Å². The van der Waals surface area contributed by atoms with Crippen LogP contribution in [-0.4, -0.2) is 17.6 Å². The van der Waals surface area contributed by atoms with Crippen molar-refractivity contribution in [1.82, 2.24) is 10.3 Å². The van der Waals surface area contributed by atoms with Crippen LogP contribution < -0.4 is 5.32 Å². The number of furan rings is 1. The zero-order valence-electron chi connectivity index (χ0n) is 11.7. The highest BCUT2D eigenvalue weighted by molar-refractivity contribution is 7.09. The molecule has 0 radical (unpaired) electrons. The minimum atomic E-state index is 0.621. The highest BCUT2D eigenvalue weighted by Gasteiger charge is 2.21. The first-order valence-electron chi connectivity index (χ1n) is 7.08. The fourth-order valence-electron chi connectivity index (χ4n) is 2.09. The summed E-state index contributed by atoms with van der Waals surface area (Å²) in [6, 6.07) is 2.70. The predicted molar refractivity (Wildman–Crippen MR) is 78.8 cm³/mol. The molecular formula is C15H20N2O2S. The number of ether oxygens (including phenoxy) is 1. The van der Waals surface area contributed by atoms with Gasteiger partial charge in [-0.2, -0.15) is 0 Å². The molecule has 20 heavy (non-hydrogen) atoms. The van der Waals surface area contributed by atoms with Crippen molar-refractivity contribution in [3.8, 4) is 0 Å². The highest BCUT2D eigenvalue weighted by Crippen LogP contribution is 2.20. The van der Waals surface area contributed by atoms with Crippen LogP contribution in [0.15, 0.2) is 22.3 Å². The van der Waals surface area contributed by atoms with E-state index >= 15 is 0 Å². The van der Waals surface area contributed by atoms with Gasteiger partial charge < -0.3 is 14.5 Å². The first kappa shape index (κ1) is 13.8. The summed E-state index contributed by atoms with van der Waals surface area (Å²) in [5, 5.41) is 3.46. The van der Waals surface area contributed by atoms with Gasteiger partial charge in [0.25, 0.3) is 0 Å². The summed E-state index contributed by atoms with van der Waals surface area (Å²) in [5.74, 6) is 1.01. The van der Waals surface area contributed by atoms with Crippen molar-refractivity contribution in [3.05, 3.63) is 39.7 Å². The van der Waals surface area contributed by atoms with Gasteiger partial charge in [-0.1, -0.05) is 0 Å². The molecule has 2 aromatic rings. The lowest BCUT2D eigenvalue weighted by Gasteiger charge is -2.05. The number of rotatable bonds is 8. The Morgan fingerprint density at radius 2 is 2.40 bits per heavy atom. The molecule has 4 nitrogen and oxygen atoms in total. The maximum Gasteiger partial charge on any atom is 0.123 e. The maximum absolute atomic E-state index is 5.76. The number of hydrogen-bond donors (Lipinski definition) is 1. The van der Waals surface area contributed by atoms with E-state index in [0.29, 0.717) is 12.6 Å². The average Bonchev–Trinajstić information content (AvgIpc) is 3.03. The molecule has 1 saturated carbocycles. The van der Waals surface area contributed by atoms with Crippen molar-refractivity contribution in [2.75, 3.05) is 6.61 Å². The highest BCUT2D eigenvalue weighted by atomic mass is 32.1. The van der Waals surface area contributed by atoms with Gasteiger partial charge in [0.05, 0.1) is 37.2 Å². The zero-order chi connectivity index (χ0) is 13.8. The van der Waals surface area contributed by atoms with E-state index in [-0.39, 0.29) is 0 Å². The smallest absolute Gasteiger partial charge is 0.123 e. The first-order valence-corrected chi connectivity index (χ1v) is 7.96. The molecule has 0 aromatic carbocycles. The molecule has 0 aliphatic heterocycles. The molecule has 1 fully saturated rings. The molecule has 3 rings (SSSR count). The molecule has 0 amide bonds. The summed E-state index contributed by atoms with van der Waals surface area (Å²) in [4.78, 5) is 5.56. The van der Waals surface area contributed by atoms with Gasteiger partial charge in [-0.25, -0.2) is 4.98 Å². The van der Waals surface area contributed by atoms with Crippen LogP contribution in [0.5, 0.6) is 0 Å². The Kier molecular flexibility index (Phi) is 4.50. The molecule has 0 saturated heterocycles. The average molecular weight is 292 g/mol. The van der Waals surface area contributed by atoms with E-state index in [1.54, 1.807) is 17.6 Å². The van der Waals surface area contributed by atoms with Crippen molar-refractivity contribution < 1.29 is 9.15 Å². The van der Waals surface area contributed by atoms with Gasteiger partial charge in [0.15, 0.2) is 0 Å². The van der Waals surface area contributed by atoms with E-state index in [1.165, 1.54) is 17.7 Å². The summed E-state index contributed by atoms with van der Waals surface area (Å²) >= 11 is 1.70. The van der Waals surface area contributed by atoms with Gasteiger partial charge in [-0.05, 0) is 25.8 Å². The Balaban J connectivity index is 1.41. The van der Waals surface area contributed by atoms with Crippen LogP contribution in [-0.2, 0) is 24.3 Å². The third kappa shape index (κ3) is 3.69. The minimum Gasteiger partial charge on any atom is -0.468 e. The fourth-order valence-corrected chi connectivity index (χ4v) is 2.85. The van der Waals surface area contributed by atoms with Crippen LogP contribution in [0.25, 0.3) is 0 Å². The number of hydrogen-bond acceptors (Lipinski definition) is 5. The van der Waals surface area contributed by atoms with Crippen molar-refractivity contribution in [2.24, 2.45) is 0 Å². The molecule has 0 spiro atoms.